The van der Waals surface area contributed by atoms with E-state index in [4.69, 9.17) is 17.3 Å². The lowest BCUT2D eigenvalue weighted by Crippen LogP contribution is -2.22. The molecular weight excluding hydrogens is 251 g/mol. The summed E-state index contributed by atoms with van der Waals surface area (Å²) in [5.74, 6) is 0. The molecule has 3 N–H and O–H groups in total. The maximum Gasteiger partial charge on any atom is 0.0652 e. The Morgan fingerprint density at radius 2 is 2.31 bits per heavy atom. The van der Waals surface area contributed by atoms with Crippen LogP contribution >= 0.6 is 27.5 Å². The molecule has 0 saturated heterocycles. The highest BCUT2D eigenvalue weighted by Gasteiger charge is 2.18. The number of nitrogens with two attached hydrogens (primary N) is 1. The van der Waals surface area contributed by atoms with Crippen LogP contribution in [-0.4, -0.2) is 6.54 Å². The minimum atomic E-state index is 0.103. The van der Waals surface area contributed by atoms with Crippen LogP contribution in [0.15, 0.2) is 16.6 Å². The van der Waals surface area contributed by atoms with Crippen LogP contribution < -0.4 is 11.1 Å². The van der Waals surface area contributed by atoms with Gasteiger partial charge >= 0.3 is 0 Å². The molecule has 0 aliphatic carbocycles. The van der Waals surface area contributed by atoms with Crippen LogP contribution in [0.2, 0.25) is 5.02 Å². The van der Waals surface area contributed by atoms with E-state index in [0.29, 0.717) is 0 Å². The lowest BCUT2D eigenvalue weighted by atomic mass is 9.99. The van der Waals surface area contributed by atoms with Gasteiger partial charge in [-0.2, -0.15) is 0 Å². The quantitative estimate of drug-likeness (QED) is 0.753. The molecule has 4 heteroatoms. The van der Waals surface area contributed by atoms with Gasteiger partial charge in [0.15, 0.2) is 0 Å². The Morgan fingerprint density at radius 3 is 3.08 bits per heavy atom. The van der Waals surface area contributed by atoms with E-state index in [9.17, 15) is 0 Å². The molecule has 13 heavy (non-hydrogen) atoms. The molecule has 0 radical (unpaired) electrons. The number of rotatable bonds is 0. The average molecular weight is 262 g/mol. The maximum atomic E-state index is 6.06. The molecule has 1 aromatic rings. The summed E-state index contributed by atoms with van der Waals surface area (Å²) < 4.78 is 0.982. The fourth-order valence-corrected chi connectivity index (χ4v) is 2.48. The third-order valence-electron chi connectivity index (χ3n) is 2.24. The molecular formula is C9H10BrClN2. The molecule has 1 aliphatic heterocycles. The Bertz CT molecular complexity index is 341. The van der Waals surface area contributed by atoms with Crippen molar-refractivity contribution in [3.63, 3.8) is 0 Å². The summed E-state index contributed by atoms with van der Waals surface area (Å²) in [5, 5.41) is 3.99. The van der Waals surface area contributed by atoms with Crippen molar-refractivity contribution in [3.8, 4) is 0 Å². The van der Waals surface area contributed by atoms with Crippen molar-refractivity contribution in [2.24, 2.45) is 5.73 Å². The maximum absolute atomic E-state index is 6.06. The van der Waals surface area contributed by atoms with Gasteiger partial charge in [0.1, 0.15) is 0 Å². The number of halogens is 2. The number of benzene rings is 1. The number of hydrogen-bond acceptors (Lipinski definition) is 2. The van der Waals surface area contributed by atoms with Crippen molar-refractivity contribution >= 4 is 33.2 Å². The van der Waals surface area contributed by atoms with Gasteiger partial charge in [-0.05, 0) is 24.1 Å². The van der Waals surface area contributed by atoms with Crippen molar-refractivity contribution in [2.75, 3.05) is 11.9 Å². The van der Waals surface area contributed by atoms with Crippen molar-refractivity contribution in [1.29, 1.82) is 0 Å². The average Bonchev–Trinajstić information content (AvgIpc) is 2.07. The Kier molecular flexibility index (Phi) is 2.49. The normalized spacial score (nSPS) is 20.7. The molecule has 2 rings (SSSR count). The summed E-state index contributed by atoms with van der Waals surface area (Å²) in [4.78, 5) is 0. The van der Waals surface area contributed by atoms with Gasteiger partial charge in [0.25, 0.3) is 0 Å². The van der Waals surface area contributed by atoms with Crippen LogP contribution in [0.1, 0.15) is 18.0 Å². The number of anilines is 1. The van der Waals surface area contributed by atoms with E-state index in [2.05, 4.69) is 21.2 Å². The molecule has 1 aromatic carbocycles. The third kappa shape index (κ3) is 1.68. The molecule has 0 bridgehead atoms. The minimum Gasteiger partial charge on any atom is -0.383 e. The van der Waals surface area contributed by atoms with Crippen LogP contribution in [0.25, 0.3) is 0 Å². The van der Waals surface area contributed by atoms with Crippen LogP contribution in [-0.2, 0) is 0 Å². The first-order valence-corrected chi connectivity index (χ1v) is 5.34. The van der Waals surface area contributed by atoms with E-state index in [0.717, 1.165) is 33.7 Å². The van der Waals surface area contributed by atoms with E-state index in [-0.39, 0.29) is 6.04 Å². The first-order chi connectivity index (χ1) is 6.18. The Balaban J connectivity index is 2.56. The SMILES string of the molecule is NC1CCNc2c(Cl)cc(Br)cc21. The van der Waals surface area contributed by atoms with E-state index in [1.54, 1.807) is 0 Å². The predicted molar refractivity (Wildman–Crippen MR) is 59.2 cm³/mol. The molecule has 1 atom stereocenters. The third-order valence-corrected chi connectivity index (χ3v) is 3.00. The molecule has 1 unspecified atom stereocenters. The lowest BCUT2D eigenvalue weighted by Gasteiger charge is -2.24. The van der Waals surface area contributed by atoms with Crippen molar-refractivity contribution in [3.05, 3.63) is 27.2 Å². The summed E-state index contributed by atoms with van der Waals surface area (Å²) in [6.07, 6.45) is 0.958. The standard InChI is InChI=1S/C9H10BrClN2/c10-5-3-6-8(12)1-2-13-9(6)7(11)4-5/h3-4,8,13H,1-2,12H2. The highest BCUT2D eigenvalue weighted by atomic mass is 79.9. The zero-order chi connectivity index (χ0) is 9.42. The van der Waals surface area contributed by atoms with Crippen LogP contribution in [0.4, 0.5) is 5.69 Å². The highest BCUT2D eigenvalue weighted by molar-refractivity contribution is 9.10. The van der Waals surface area contributed by atoms with Gasteiger partial charge < -0.3 is 11.1 Å². The van der Waals surface area contributed by atoms with Gasteiger partial charge in [-0.3, -0.25) is 0 Å². The first-order valence-electron chi connectivity index (χ1n) is 4.17. The minimum absolute atomic E-state index is 0.103. The van der Waals surface area contributed by atoms with Gasteiger partial charge in [0.05, 0.1) is 10.7 Å². The first kappa shape index (κ1) is 9.31. The highest BCUT2D eigenvalue weighted by Crippen LogP contribution is 2.36. The molecule has 0 fully saturated rings. The van der Waals surface area contributed by atoms with Crippen LogP contribution in [0.3, 0.4) is 0 Å². The van der Waals surface area contributed by atoms with Gasteiger partial charge in [0.2, 0.25) is 0 Å². The predicted octanol–water partition coefficient (Wildman–Crippen LogP) is 2.92. The number of nitrogens with one attached hydrogen (secondary N) is 1. The fourth-order valence-electron chi connectivity index (χ4n) is 1.58. The largest absolute Gasteiger partial charge is 0.383 e. The van der Waals surface area contributed by atoms with Crippen molar-refractivity contribution in [2.45, 2.75) is 12.5 Å². The Morgan fingerprint density at radius 1 is 1.54 bits per heavy atom. The van der Waals surface area contributed by atoms with Gasteiger partial charge in [-0.25, -0.2) is 0 Å². The molecule has 0 aromatic heterocycles. The Hall–Kier alpha value is -0.250. The van der Waals surface area contributed by atoms with Crippen LogP contribution in [0.5, 0.6) is 0 Å². The summed E-state index contributed by atoms with van der Waals surface area (Å²) >= 11 is 9.47. The number of fused-ring (bicyclic) bond motifs is 1. The summed E-state index contributed by atoms with van der Waals surface area (Å²) in [7, 11) is 0. The van der Waals surface area contributed by atoms with E-state index >= 15 is 0 Å². The summed E-state index contributed by atoms with van der Waals surface area (Å²) in [6.45, 7) is 0.898. The second-order valence-electron chi connectivity index (χ2n) is 3.17. The zero-order valence-corrected chi connectivity index (χ0v) is 9.32. The van der Waals surface area contributed by atoms with E-state index in [1.165, 1.54) is 0 Å². The summed E-state index contributed by atoms with van der Waals surface area (Å²) in [6, 6.07) is 4.01. The second-order valence-corrected chi connectivity index (χ2v) is 4.50. The number of hydrogen-bond donors (Lipinski definition) is 2. The molecule has 0 spiro atoms. The Labute approximate surface area is 90.6 Å². The van der Waals surface area contributed by atoms with Gasteiger partial charge in [0, 0.05) is 17.1 Å². The van der Waals surface area contributed by atoms with Crippen molar-refractivity contribution < 1.29 is 0 Å². The smallest absolute Gasteiger partial charge is 0.0652 e. The molecule has 2 nitrogen and oxygen atoms in total. The van der Waals surface area contributed by atoms with Crippen molar-refractivity contribution in [1.82, 2.24) is 0 Å². The van der Waals surface area contributed by atoms with E-state index < -0.39 is 0 Å². The topological polar surface area (TPSA) is 38.0 Å². The summed E-state index contributed by atoms with van der Waals surface area (Å²) in [5.41, 5.74) is 8.06. The molecule has 0 amide bonds. The van der Waals surface area contributed by atoms with E-state index in [1.807, 2.05) is 12.1 Å². The lowest BCUT2D eigenvalue weighted by molar-refractivity contribution is 0.654. The van der Waals surface area contributed by atoms with Crippen LogP contribution in [0, 0.1) is 0 Å². The zero-order valence-electron chi connectivity index (χ0n) is 6.98. The van der Waals surface area contributed by atoms with Gasteiger partial charge in [-0.15, -0.1) is 0 Å². The molecule has 1 heterocycles. The second kappa shape index (κ2) is 3.48. The monoisotopic (exact) mass is 260 g/mol. The molecule has 1 aliphatic rings. The van der Waals surface area contributed by atoms with Gasteiger partial charge in [-0.1, -0.05) is 27.5 Å². The molecule has 70 valence electrons. The molecule has 0 saturated carbocycles. The fraction of sp³-hybridized carbons (Fsp3) is 0.333.